The van der Waals surface area contributed by atoms with Crippen molar-refractivity contribution in [1.82, 2.24) is 9.97 Å². The average Bonchev–Trinajstić information content (AvgIpc) is 2.39. The van der Waals surface area contributed by atoms with Crippen LogP contribution in [0.25, 0.3) is 0 Å². The minimum Gasteiger partial charge on any atom is -0.245 e. The number of hydrogen-bond donors (Lipinski definition) is 0. The van der Waals surface area contributed by atoms with Crippen molar-refractivity contribution >= 4 is 11.8 Å². The predicted octanol–water partition coefficient (Wildman–Crippen LogP) is 2.78. The van der Waals surface area contributed by atoms with E-state index in [1.54, 1.807) is 24.4 Å². The van der Waals surface area contributed by atoms with Gasteiger partial charge in [0.25, 0.3) is 0 Å². The summed E-state index contributed by atoms with van der Waals surface area (Å²) in [5.74, 6) is 0.162. The normalized spacial score (nSPS) is 9.88. The van der Waals surface area contributed by atoms with E-state index in [1.165, 1.54) is 24.2 Å². The molecule has 0 aliphatic heterocycles. The fraction of sp³-hybridized carbons (Fsp3) is 0.0833. The highest BCUT2D eigenvalue weighted by Gasteiger charge is 2.03. The van der Waals surface area contributed by atoms with Crippen molar-refractivity contribution in [3.05, 3.63) is 53.7 Å². The van der Waals surface area contributed by atoms with Gasteiger partial charge >= 0.3 is 0 Å². The highest BCUT2D eigenvalue weighted by atomic mass is 32.2. The Morgan fingerprint density at radius 1 is 1.35 bits per heavy atom. The highest BCUT2D eigenvalue weighted by Crippen LogP contribution is 2.21. The third-order valence-corrected chi connectivity index (χ3v) is 3.11. The number of aromatic nitrogens is 2. The Bertz CT molecular complexity index is 551. The molecule has 0 aliphatic carbocycles. The van der Waals surface area contributed by atoms with E-state index in [0.29, 0.717) is 5.75 Å². The van der Waals surface area contributed by atoms with E-state index in [2.05, 4.69) is 9.97 Å². The van der Waals surface area contributed by atoms with Gasteiger partial charge in [-0.05, 0) is 23.8 Å². The molecule has 0 N–H and O–H groups in total. The van der Waals surface area contributed by atoms with E-state index in [0.717, 1.165) is 10.6 Å². The third-order valence-electron chi connectivity index (χ3n) is 2.09. The first-order chi connectivity index (χ1) is 8.29. The second-order valence-corrected chi connectivity index (χ2v) is 4.26. The zero-order chi connectivity index (χ0) is 12.1. The van der Waals surface area contributed by atoms with Gasteiger partial charge in [0.15, 0.2) is 0 Å². The molecule has 0 saturated carbocycles. The molecule has 2 aromatic rings. The Hall–Kier alpha value is -1.93. The summed E-state index contributed by atoms with van der Waals surface area (Å²) >= 11 is 1.52. The average molecular weight is 245 g/mol. The SMILES string of the molecule is N#Cc1cc(CSc2ccncn2)ccc1F. The molecule has 1 aromatic carbocycles. The van der Waals surface area contributed by atoms with Gasteiger partial charge in [0.1, 0.15) is 18.2 Å². The van der Waals surface area contributed by atoms with E-state index in [4.69, 9.17) is 5.26 Å². The van der Waals surface area contributed by atoms with Crippen LogP contribution in [0.5, 0.6) is 0 Å². The van der Waals surface area contributed by atoms with Crippen LogP contribution in [0, 0.1) is 17.1 Å². The van der Waals surface area contributed by atoms with Gasteiger partial charge in [-0.1, -0.05) is 6.07 Å². The van der Waals surface area contributed by atoms with Crippen LogP contribution in [-0.2, 0) is 5.75 Å². The molecular weight excluding hydrogens is 237 g/mol. The first kappa shape index (κ1) is 11.6. The topological polar surface area (TPSA) is 49.6 Å². The summed E-state index contributed by atoms with van der Waals surface area (Å²) < 4.78 is 13.1. The Labute approximate surface area is 102 Å². The van der Waals surface area contributed by atoms with E-state index in [1.807, 2.05) is 6.07 Å². The lowest BCUT2D eigenvalue weighted by atomic mass is 10.1. The molecule has 84 valence electrons. The lowest BCUT2D eigenvalue weighted by Crippen LogP contribution is -1.88. The number of nitrogens with zero attached hydrogens (tertiary/aromatic N) is 3. The van der Waals surface area contributed by atoms with Gasteiger partial charge in [-0.15, -0.1) is 11.8 Å². The van der Waals surface area contributed by atoms with Gasteiger partial charge in [-0.3, -0.25) is 0 Å². The number of thioether (sulfide) groups is 1. The lowest BCUT2D eigenvalue weighted by molar-refractivity contribution is 0.623. The Balaban J connectivity index is 2.08. The molecule has 2 rings (SSSR count). The van der Waals surface area contributed by atoms with Gasteiger partial charge in [0.05, 0.1) is 10.6 Å². The molecule has 0 radical (unpaired) electrons. The van der Waals surface area contributed by atoms with Crippen LogP contribution in [0.2, 0.25) is 0 Å². The van der Waals surface area contributed by atoms with Crippen LogP contribution in [0.3, 0.4) is 0 Å². The summed E-state index contributed by atoms with van der Waals surface area (Å²) in [5, 5.41) is 9.56. The number of nitriles is 1. The van der Waals surface area contributed by atoms with Crippen molar-refractivity contribution < 1.29 is 4.39 Å². The Kier molecular flexibility index (Phi) is 3.68. The molecule has 1 heterocycles. The maximum absolute atomic E-state index is 13.1. The van der Waals surface area contributed by atoms with E-state index in [-0.39, 0.29) is 5.56 Å². The molecule has 0 fully saturated rings. The van der Waals surface area contributed by atoms with Gasteiger partial charge < -0.3 is 0 Å². The minimum absolute atomic E-state index is 0.0748. The van der Waals surface area contributed by atoms with Crippen LogP contribution >= 0.6 is 11.8 Å². The molecule has 0 spiro atoms. The molecule has 0 unspecified atom stereocenters. The monoisotopic (exact) mass is 245 g/mol. The zero-order valence-corrected chi connectivity index (χ0v) is 9.62. The molecular formula is C12H8FN3S. The smallest absolute Gasteiger partial charge is 0.140 e. The molecule has 0 bridgehead atoms. The summed E-state index contributed by atoms with van der Waals surface area (Å²) in [4.78, 5) is 7.89. The van der Waals surface area contributed by atoms with Crippen molar-refractivity contribution in [2.24, 2.45) is 0 Å². The number of rotatable bonds is 3. The van der Waals surface area contributed by atoms with Crippen LogP contribution in [0.15, 0.2) is 41.8 Å². The zero-order valence-electron chi connectivity index (χ0n) is 8.80. The second kappa shape index (κ2) is 5.41. The lowest BCUT2D eigenvalue weighted by Gasteiger charge is -2.02. The molecule has 0 amide bonds. The van der Waals surface area contributed by atoms with Crippen molar-refractivity contribution in [3.63, 3.8) is 0 Å². The fourth-order valence-electron chi connectivity index (χ4n) is 1.27. The summed E-state index contributed by atoms with van der Waals surface area (Å²) in [6.07, 6.45) is 3.15. The number of halogens is 1. The Morgan fingerprint density at radius 3 is 2.94 bits per heavy atom. The minimum atomic E-state index is -0.483. The van der Waals surface area contributed by atoms with E-state index in [9.17, 15) is 4.39 Å². The van der Waals surface area contributed by atoms with Crippen LogP contribution in [0.1, 0.15) is 11.1 Å². The number of hydrogen-bond acceptors (Lipinski definition) is 4. The number of benzene rings is 1. The third kappa shape index (κ3) is 3.02. The van der Waals surface area contributed by atoms with Gasteiger partial charge in [-0.25, -0.2) is 14.4 Å². The highest BCUT2D eigenvalue weighted by molar-refractivity contribution is 7.98. The van der Waals surface area contributed by atoms with Gasteiger partial charge in [0.2, 0.25) is 0 Å². The molecule has 0 aliphatic rings. The molecule has 0 atom stereocenters. The van der Waals surface area contributed by atoms with Crippen molar-refractivity contribution in [2.75, 3.05) is 0 Å². The van der Waals surface area contributed by atoms with Gasteiger partial charge in [-0.2, -0.15) is 5.26 Å². The largest absolute Gasteiger partial charge is 0.245 e. The first-order valence-corrected chi connectivity index (χ1v) is 5.85. The van der Waals surface area contributed by atoms with Gasteiger partial charge in [0, 0.05) is 11.9 Å². The van der Waals surface area contributed by atoms with Crippen LogP contribution < -0.4 is 0 Å². The molecule has 3 nitrogen and oxygen atoms in total. The van der Waals surface area contributed by atoms with Crippen molar-refractivity contribution in [3.8, 4) is 6.07 Å². The van der Waals surface area contributed by atoms with E-state index >= 15 is 0 Å². The summed E-state index contributed by atoms with van der Waals surface area (Å²) in [5.41, 5.74) is 0.970. The fourth-order valence-corrected chi connectivity index (χ4v) is 2.04. The summed E-state index contributed by atoms with van der Waals surface area (Å²) in [6, 6.07) is 8.17. The van der Waals surface area contributed by atoms with Crippen LogP contribution in [0.4, 0.5) is 4.39 Å². The maximum Gasteiger partial charge on any atom is 0.140 e. The van der Waals surface area contributed by atoms with Crippen LogP contribution in [-0.4, -0.2) is 9.97 Å². The van der Waals surface area contributed by atoms with E-state index < -0.39 is 5.82 Å². The summed E-state index contributed by atoms with van der Waals surface area (Å²) in [7, 11) is 0. The molecule has 0 saturated heterocycles. The standard InChI is InChI=1S/C12H8FN3S/c13-11-2-1-9(5-10(11)6-14)7-17-12-3-4-15-8-16-12/h1-5,8H,7H2. The second-order valence-electron chi connectivity index (χ2n) is 3.26. The first-order valence-electron chi connectivity index (χ1n) is 4.87. The summed E-state index contributed by atoms with van der Waals surface area (Å²) in [6.45, 7) is 0. The Morgan fingerprint density at radius 2 is 2.24 bits per heavy atom. The van der Waals surface area contributed by atoms with Crippen molar-refractivity contribution in [2.45, 2.75) is 10.8 Å². The van der Waals surface area contributed by atoms with Crippen molar-refractivity contribution in [1.29, 1.82) is 5.26 Å². The molecule has 17 heavy (non-hydrogen) atoms. The maximum atomic E-state index is 13.1. The predicted molar refractivity (Wildman–Crippen MR) is 62.7 cm³/mol. The molecule has 1 aromatic heterocycles. The quantitative estimate of drug-likeness (QED) is 0.616. The molecule has 5 heteroatoms.